The van der Waals surface area contributed by atoms with E-state index in [1.165, 1.54) is 35.2 Å². The minimum Gasteiger partial charge on any atom is -0.465 e. The van der Waals surface area contributed by atoms with Crippen molar-refractivity contribution in [1.82, 2.24) is 10.2 Å². The Kier molecular flexibility index (Phi) is 11.0. The lowest BCUT2D eigenvalue weighted by molar-refractivity contribution is -0.253. The number of alkyl carbamates (subject to hydrolysis) is 1. The summed E-state index contributed by atoms with van der Waals surface area (Å²) < 4.78 is 81.7. The van der Waals surface area contributed by atoms with Gasteiger partial charge in [-0.2, -0.15) is 0 Å². The van der Waals surface area contributed by atoms with Crippen molar-refractivity contribution in [3.8, 4) is 0 Å². The monoisotopic (exact) mass is 729 g/mol. The molecule has 0 aromatic heterocycles. The number of hydrogen-bond acceptors (Lipinski definition) is 7. The zero-order valence-electron chi connectivity index (χ0n) is 28.3. The fourth-order valence-corrected chi connectivity index (χ4v) is 7.64. The topological polar surface area (TPSA) is 136 Å². The molecule has 2 heterocycles. The maximum absolute atomic E-state index is 15.6. The van der Waals surface area contributed by atoms with Gasteiger partial charge in [0.1, 0.15) is 29.3 Å². The van der Waals surface area contributed by atoms with Gasteiger partial charge in [0.05, 0.1) is 45.1 Å². The normalized spacial score (nSPS) is 22.2. The molecular weight excluding hydrogens is 690 g/mol. The molecule has 52 heavy (non-hydrogen) atoms. The second-order valence-electron chi connectivity index (χ2n) is 13.4. The maximum atomic E-state index is 15.6. The van der Waals surface area contributed by atoms with E-state index in [4.69, 9.17) is 18.9 Å². The van der Waals surface area contributed by atoms with Gasteiger partial charge < -0.3 is 39.6 Å². The Hall–Kier alpha value is -4.73. The minimum absolute atomic E-state index is 0.0141. The van der Waals surface area contributed by atoms with Crippen LogP contribution in [-0.4, -0.2) is 85.0 Å². The number of carboxylic acid groups (broad SMARTS) is 1. The number of rotatable bonds is 9. The Bertz CT molecular complexity index is 1770. The van der Waals surface area contributed by atoms with Crippen molar-refractivity contribution < 1.29 is 56.0 Å². The highest BCUT2D eigenvalue weighted by atomic mass is 19.1. The highest BCUT2D eigenvalue weighted by Crippen LogP contribution is 2.45. The van der Waals surface area contributed by atoms with Crippen LogP contribution < -0.4 is 10.6 Å². The highest BCUT2D eigenvalue weighted by molar-refractivity contribution is 5.98. The summed E-state index contributed by atoms with van der Waals surface area (Å²) in [6, 6.07) is 9.87. The predicted octanol–water partition coefficient (Wildman–Crippen LogP) is 6.11. The molecule has 3 fully saturated rings. The second kappa shape index (κ2) is 15.5. The second-order valence-corrected chi connectivity index (χ2v) is 13.4. The van der Waals surface area contributed by atoms with Crippen molar-refractivity contribution >= 4 is 23.8 Å². The third-order valence-corrected chi connectivity index (χ3v) is 9.83. The van der Waals surface area contributed by atoms with Gasteiger partial charge in [-0.05, 0) is 73.2 Å². The van der Waals surface area contributed by atoms with Crippen LogP contribution in [0.15, 0.2) is 60.7 Å². The molecule has 4 atom stereocenters. The molecular formula is C37H39F4N3O8. The SMILES string of the molecule is COC(=O)N[C@H](C(=O)Nc1cccc(F)c1CC[C@@H]1CN(C(=O)O)CC2(CCCC3(C2)OCCO3)O1)[C@@H](c1ccc(F)cc1)c1cc(F)cc(F)c1. The van der Waals surface area contributed by atoms with Gasteiger partial charge in [-0.1, -0.05) is 18.2 Å². The zero-order chi connectivity index (χ0) is 37.0. The first-order valence-corrected chi connectivity index (χ1v) is 17.0. The lowest BCUT2D eigenvalue weighted by Crippen LogP contribution is -2.61. The standard InChI is InChI=1S/C37H39F4N3O8/c1-49-34(46)43-32(31(22-6-8-24(38)9-7-22)23-16-25(39)18-26(40)17-23)33(45)42-30-5-2-4-29(41)28(30)11-10-27-19-44(35(47)48)21-36(52-27)12-3-13-37(20-36)50-14-15-51-37/h2,4-9,16-18,27,31-32H,3,10-15,19-21H2,1H3,(H,42,45)(H,43,46)(H,47,48)/t27-,31+,32+,36?/m1/s1. The van der Waals surface area contributed by atoms with Crippen molar-refractivity contribution in [3.63, 3.8) is 0 Å². The van der Waals surface area contributed by atoms with Crippen LogP contribution in [0.25, 0.3) is 0 Å². The summed E-state index contributed by atoms with van der Waals surface area (Å²) in [6.45, 7) is 1.04. The first-order valence-electron chi connectivity index (χ1n) is 17.0. The van der Waals surface area contributed by atoms with E-state index in [1.807, 2.05) is 0 Å². The number of nitrogens with one attached hydrogen (secondary N) is 2. The number of amides is 3. The number of methoxy groups -OCH3 is 1. The summed E-state index contributed by atoms with van der Waals surface area (Å²) in [7, 11) is 1.06. The number of carbonyl (C=O) groups is 3. The number of nitrogens with zero attached hydrogens (tertiary/aromatic N) is 1. The van der Waals surface area contributed by atoms with E-state index in [1.54, 1.807) is 0 Å². The lowest BCUT2D eigenvalue weighted by atomic mass is 9.79. The van der Waals surface area contributed by atoms with Gasteiger partial charge in [0.25, 0.3) is 0 Å². The molecule has 3 aromatic carbocycles. The summed E-state index contributed by atoms with van der Waals surface area (Å²) in [5.74, 6) is -6.18. The minimum atomic E-state index is -1.60. The Morgan fingerprint density at radius 3 is 2.35 bits per heavy atom. The van der Waals surface area contributed by atoms with E-state index >= 15 is 4.39 Å². The van der Waals surface area contributed by atoms with E-state index in [-0.39, 0.29) is 48.3 Å². The van der Waals surface area contributed by atoms with Crippen LogP contribution in [0.4, 0.5) is 32.8 Å². The van der Waals surface area contributed by atoms with Crippen molar-refractivity contribution in [2.24, 2.45) is 0 Å². The molecule has 2 aliphatic heterocycles. The first kappa shape index (κ1) is 37.0. The van der Waals surface area contributed by atoms with E-state index in [9.17, 15) is 32.7 Å². The van der Waals surface area contributed by atoms with Gasteiger partial charge in [-0.25, -0.2) is 27.2 Å². The highest BCUT2D eigenvalue weighted by Gasteiger charge is 2.53. The number of halogens is 4. The van der Waals surface area contributed by atoms with Crippen molar-refractivity contribution in [2.45, 2.75) is 68.0 Å². The summed E-state index contributed by atoms with van der Waals surface area (Å²) >= 11 is 0. The number of benzene rings is 3. The van der Waals surface area contributed by atoms with E-state index in [2.05, 4.69) is 10.6 Å². The maximum Gasteiger partial charge on any atom is 0.407 e. The molecule has 15 heteroatoms. The molecule has 3 aliphatic rings. The molecule has 11 nitrogen and oxygen atoms in total. The van der Waals surface area contributed by atoms with E-state index in [0.717, 1.165) is 31.4 Å². The average molecular weight is 730 g/mol. The van der Waals surface area contributed by atoms with Crippen LogP contribution in [0.2, 0.25) is 0 Å². The van der Waals surface area contributed by atoms with E-state index < -0.39 is 70.8 Å². The Morgan fingerprint density at radius 2 is 1.67 bits per heavy atom. The van der Waals surface area contributed by atoms with Gasteiger partial charge in [-0.3, -0.25) is 4.79 Å². The molecule has 0 radical (unpaired) electrons. The number of hydrogen-bond donors (Lipinski definition) is 3. The Labute approximate surface area is 297 Å². The molecule has 2 spiro atoms. The smallest absolute Gasteiger partial charge is 0.407 e. The van der Waals surface area contributed by atoms with Crippen molar-refractivity contribution in [3.05, 3.63) is 101 Å². The molecule has 0 bridgehead atoms. The molecule has 1 aliphatic carbocycles. The van der Waals surface area contributed by atoms with Gasteiger partial charge in [0, 0.05) is 36.1 Å². The van der Waals surface area contributed by atoms with Crippen molar-refractivity contribution in [2.75, 3.05) is 38.7 Å². The van der Waals surface area contributed by atoms with Crippen LogP contribution in [0.5, 0.6) is 0 Å². The summed E-state index contributed by atoms with van der Waals surface area (Å²) in [4.78, 5) is 40.2. The van der Waals surface area contributed by atoms with Crippen LogP contribution in [0.1, 0.15) is 54.7 Å². The molecule has 1 saturated carbocycles. The average Bonchev–Trinajstić information content (AvgIpc) is 3.54. The molecule has 278 valence electrons. The van der Waals surface area contributed by atoms with E-state index in [0.29, 0.717) is 45.0 Å². The van der Waals surface area contributed by atoms with Crippen LogP contribution in [0.3, 0.4) is 0 Å². The van der Waals surface area contributed by atoms with Crippen LogP contribution in [0, 0.1) is 23.3 Å². The number of ether oxygens (including phenoxy) is 4. The predicted molar refractivity (Wildman–Crippen MR) is 178 cm³/mol. The van der Waals surface area contributed by atoms with Gasteiger partial charge in [-0.15, -0.1) is 0 Å². The summed E-state index contributed by atoms with van der Waals surface area (Å²) in [5, 5.41) is 15.1. The fourth-order valence-electron chi connectivity index (χ4n) is 7.64. The van der Waals surface area contributed by atoms with Gasteiger partial charge >= 0.3 is 12.2 Å². The summed E-state index contributed by atoms with van der Waals surface area (Å²) in [5.41, 5.74) is -0.573. The Morgan fingerprint density at radius 1 is 0.962 bits per heavy atom. The molecule has 3 N–H and O–H groups in total. The third kappa shape index (κ3) is 8.32. The molecule has 6 rings (SSSR count). The lowest BCUT2D eigenvalue weighted by Gasteiger charge is -2.51. The largest absolute Gasteiger partial charge is 0.465 e. The fraction of sp³-hybridized carbons (Fsp3) is 0.432. The molecule has 1 unspecified atom stereocenters. The zero-order valence-corrected chi connectivity index (χ0v) is 28.3. The van der Waals surface area contributed by atoms with Crippen molar-refractivity contribution in [1.29, 1.82) is 0 Å². The molecule has 2 saturated heterocycles. The first-order chi connectivity index (χ1) is 24.9. The van der Waals surface area contributed by atoms with Crippen LogP contribution in [-0.2, 0) is 30.2 Å². The summed E-state index contributed by atoms with van der Waals surface area (Å²) in [6.07, 6.45) is -0.312. The number of morpholine rings is 1. The number of carbonyl (C=O) groups excluding carboxylic acids is 2. The van der Waals surface area contributed by atoms with Gasteiger partial charge in [0.2, 0.25) is 5.91 Å². The molecule has 3 aromatic rings. The quantitative estimate of drug-likeness (QED) is 0.225. The third-order valence-electron chi connectivity index (χ3n) is 9.83. The Balaban J connectivity index is 1.27. The van der Waals surface area contributed by atoms with Crippen LogP contribution >= 0.6 is 0 Å². The molecule has 3 amide bonds. The number of anilines is 1. The van der Waals surface area contributed by atoms with Gasteiger partial charge in [0.15, 0.2) is 5.79 Å².